The van der Waals surface area contributed by atoms with Gasteiger partial charge < -0.3 is 16.4 Å². The smallest absolute Gasteiger partial charge is 0.315 e. The van der Waals surface area contributed by atoms with Gasteiger partial charge in [-0.15, -0.1) is 0 Å². The molecule has 0 heterocycles. The normalized spacial score (nSPS) is 17.6. The zero-order chi connectivity index (χ0) is 9.68. The zero-order valence-electron chi connectivity index (χ0n) is 8.04. The Morgan fingerprint density at radius 1 is 1.38 bits per heavy atom. The topological polar surface area (TPSA) is 72.3 Å². The Hall–Kier alpha value is -0.770. The third-order valence-electron chi connectivity index (χ3n) is 2.65. The maximum Gasteiger partial charge on any atom is 0.315 e. The summed E-state index contributed by atoms with van der Waals surface area (Å²) in [5, 5.41) is 0. The lowest BCUT2D eigenvalue weighted by Crippen LogP contribution is -2.43. The molecule has 1 fully saturated rings. The Morgan fingerprint density at radius 3 is 2.46 bits per heavy atom. The maximum absolute atomic E-state index is 11.1. The minimum absolute atomic E-state index is 0.291. The second-order valence-corrected chi connectivity index (χ2v) is 3.61. The summed E-state index contributed by atoms with van der Waals surface area (Å²) in [5.41, 5.74) is 10.7. The van der Waals surface area contributed by atoms with Crippen LogP contribution in [0.3, 0.4) is 0 Å². The summed E-state index contributed by atoms with van der Waals surface area (Å²) in [7, 11) is 0. The van der Waals surface area contributed by atoms with E-state index < -0.39 is 0 Å². The van der Waals surface area contributed by atoms with Crippen molar-refractivity contribution in [1.29, 1.82) is 0 Å². The van der Waals surface area contributed by atoms with E-state index in [0.29, 0.717) is 12.6 Å². The van der Waals surface area contributed by atoms with Crippen LogP contribution in [0.15, 0.2) is 0 Å². The van der Waals surface area contributed by atoms with E-state index in [0.717, 1.165) is 25.8 Å². The van der Waals surface area contributed by atoms with Gasteiger partial charge in [0.05, 0.1) is 0 Å². The number of carbonyl (C=O) groups is 1. The van der Waals surface area contributed by atoms with Crippen LogP contribution < -0.4 is 11.5 Å². The molecule has 76 valence electrons. The van der Waals surface area contributed by atoms with Crippen LogP contribution in [-0.2, 0) is 0 Å². The van der Waals surface area contributed by atoms with Gasteiger partial charge in [-0.05, 0) is 25.8 Å². The Morgan fingerprint density at radius 2 is 2.00 bits per heavy atom. The van der Waals surface area contributed by atoms with E-state index >= 15 is 0 Å². The van der Waals surface area contributed by atoms with Crippen molar-refractivity contribution in [1.82, 2.24) is 4.90 Å². The SMILES string of the molecule is NCCCN(C(N)=O)C1CCCC1. The van der Waals surface area contributed by atoms with Gasteiger partial charge in [-0.25, -0.2) is 4.79 Å². The molecule has 13 heavy (non-hydrogen) atoms. The molecule has 0 aromatic carbocycles. The molecule has 0 aliphatic heterocycles. The van der Waals surface area contributed by atoms with Gasteiger partial charge in [0, 0.05) is 12.6 Å². The van der Waals surface area contributed by atoms with Crippen LogP contribution in [0.25, 0.3) is 0 Å². The van der Waals surface area contributed by atoms with E-state index in [4.69, 9.17) is 11.5 Å². The van der Waals surface area contributed by atoms with Crippen molar-refractivity contribution in [2.45, 2.75) is 38.1 Å². The Balaban J connectivity index is 2.40. The molecule has 0 aromatic rings. The lowest BCUT2D eigenvalue weighted by molar-refractivity contribution is 0.184. The number of carbonyl (C=O) groups excluding carboxylic acids is 1. The van der Waals surface area contributed by atoms with Crippen LogP contribution in [0.4, 0.5) is 4.79 Å². The first-order chi connectivity index (χ1) is 6.25. The number of hydrogen-bond acceptors (Lipinski definition) is 2. The van der Waals surface area contributed by atoms with Gasteiger partial charge in [-0.3, -0.25) is 0 Å². The van der Waals surface area contributed by atoms with Gasteiger partial charge in [0.2, 0.25) is 0 Å². The predicted octanol–water partition coefficient (Wildman–Crippen LogP) is 0.658. The Labute approximate surface area is 79.3 Å². The third-order valence-corrected chi connectivity index (χ3v) is 2.65. The van der Waals surface area contributed by atoms with Crippen molar-refractivity contribution in [3.63, 3.8) is 0 Å². The van der Waals surface area contributed by atoms with Crippen LogP contribution >= 0.6 is 0 Å². The highest BCUT2D eigenvalue weighted by Gasteiger charge is 2.24. The van der Waals surface area contributed by atoms with Gasteiger partial charge in [-0.1, -0.05) is 12.8 Å². The number of amides is 2. The van der Waals surface area contributed by atoms with Gasteiger partial charge >= 0.3 is 6.03 Å². The standard InChI is InChI=1S/C9H19N3O/c10-6-3-7-12(9(11)13)8-4-1-2-5-8/h8H,1-7,10H2,(H2,11,13). The highest BCUT2D eigenvalue weighted by molar-refractivity contribution is 5.72. The molecule has 0 unspecified atom stereocenters. The maximum atomic E-state index is 11.1. The third kappa shape index (κ3) is 2.88. The highest BCUT2D eigenvalue weighted by Crippen LogP contribution is 2.23. The van der Waals surface area contributed by atoms with E-state index in [1.165, 1.54) is 12.8 Å². The summed E-state index contributed by atoms with van der Waals surface area (Å²) in [6, 6.07) is 0.0874. The first kappa shape index (κ1) is 10.3. The second kappa shape index (κ2) is 5.07. The molecule has 4 heteroatoms. The molecule has 1 aliphatic rings. The number of rotatable bonds is 4. The van der Waals surface area contributed by atoms with Crippen LogP contribution in [0, 0.1) is 0 Å². The van der Waals surface area contributed by atoms with Gasteiger partial charge in [0.15, 0.2) is 0 Å². The summed E-state index contributed by atoms with van der Waals surface area (Å²) in [4.78, 5) is 12.9. The predicted molar refractivity (Wildman–Crippen MR) is 52.2 cm³/mol. The van der Waals surface area contributed by atoms with Crippen LogP contribution in [0.1, 0.15) is 32.1 Å². The molecule has 0 bridgehead atoms. The zero-order valence-corrected chi connectivity index (χ0v) is 8.04. The van der Waals surface area contributed by atoms with Crippen molar-refractivity contribution in [2.24, 2.45) is 11.5 Å². The van der Waals surface area contributed by atoms with Crippen LogP contribution in [-0.4, -0.2) is 30.1 Å². The van der Waals surface area contributed by atoms with Crippen molar-refractivity contribution in [3.8, 4) is 0 Å². The van der Waals surface area contributed by atoms with E-state index in [9.17, 15) is 4.79 Å². The molecule has 0 spiro atoms. The molecular weight excluding hydrogens is 166 g/mol. The Kier molecular flexibility index (Phi) is 4.02. The largest absolute Gasteiger partial charge is 0.351 e. The minimum Gasteiger partial charge on any atom is -0.351 e. The van der Waals surface area contributed by atoms with Gasteiger partial charge in [0.25, 0.3) is 0 Å². The highest BCUT2D eigenvalue weighted by atomic mass is 16.2. The number of hydrogen-bond donors (Lipinski definition) is 2. The van der Waals surface area contributed by atoms with E-state index in [-0.39, 0.29) is 6.03 Å². The average Bonchev–Trinajstić information content (AvgIpc) is 2.57. The van der Waals surface area contributed by atoms with E-state index in [2.05, 4.69) is 0 Å². The van der Waals surface area contributed by atoms with Crippen LogP contribution in [0.2, 0.25) is 0 Å². The molecule has 0 aromatic heterocycles. The summed E-state index contributed by atoms with van der Waals surface area (Å²) in [5.74, 6) is 0. The van der Waals surface area contributed by atoms with Crippen molar-refractivity contribution < 1.29 is 4.79 Å². The molecule has 4 N–H and O–H groups in total. The number of nitrogens with zero attached hydrogens (tertiary/aromatic N) is 1. The van der Waals surface area contributed by atoms with Gasteiger partial charge in [0.1, 0.15) is 0 Å². The van der Waals surface area contributed by atoms with Crippen LogP contribution in [0.5, 0.6) is 0 Å². The minimum atomic E-state index is -0.291. The number of urea groups is 1. The lowest BCUT2D eigenvalue weighted by atomic mass is 10.2. The quantitative estimate of drug-likeness (QED) is 0.675. The van der Waals surface area contributed by atoms with Crippen molar-refractivity contribution in [3.05, 3.63) is 0 Å². The fourth-order valence-electron chi connectivity index (χ4n) is 1.95. The molecular formula is C9H19N3O. The molecule has 0 radical (unpaired) electrons. The fraction of sp³-hybridized carbons (Fsp3) is 0.889. The summed E-state index contributed by atoms with van der Waals surface area (Å²) in [6.45, 7) is 1.34. The van der Waals surface area contributed by atoms with Crippen molar-refractivity contribution in [2.75, 3.05) is 13.1 Å². The number of nitrogens with two attached hydrogens (primary N) is 2. The summed E-state index contributed by atoms with van der Waals surface area (Å²) >= 11 is 0. The molecule has 0 saturated heterocycles. The molecule has 4 nitrogen and oxygen atoms in total. The monoisotopic (exact) mass is 185 g/mol. The molecule has 0 atom stereocenters. The van der Waals surface area contributed by atoms with E-state index in [1.54, 1.807) is 4.90 Å². The first-order valence-corrected chi connectivity index (χ1v) is 5.02. The number of primary amides is 1. The molecule has 2 amide bonds. The molecule has 1 aliphatic carbocycles. The van der Waals surface area contributed by atoms with Gasteiger partial charge in [-0.2, -0.15) is 0 Å². The average molecular weight is 185 g/mol. The summed E-state index contributed by atoms with van der Waals surface area (Å²) < 4.78 is 0. The second-order valence-electron chi connectivity index (χ2n) is 3.61. The summed E-state index contributed by atoms with van der Waals surface area (Å²) in [6.07, 6.45) is 5.49. The Bertz CT molecular complexity index is 166. The van der Waals surface area contributed by atoms with Crippen molar-refractivity contribution >= 4 is 6.03 Å². The molecule has 1 rings (SSSR count). The lowest BCUT2D eigenvalue weighted by Gasteiger charge is -2.26. The first-order valence-electron chi connectivity index (χ1n) is 5.02. The fourth-order valence-corrected chi connectivity index (χ4v) is 1.95. The van der Waals surface area contributed by atoms with E-state index in [1.807, 2.05) is 0 Å². The molecule has 1 saturated carbocycles.